The number of thioether (sulfide) groups is 1. The van der Waals surface area contributed by atoms with E-state index >= 15 is 0 Å². The number of hydrogen-bond acceptors (Lipinski definition) is 8. The summed E-state index contributed by atoms with van der Waals surface area (Å²) in [5, 5.41) is 6.76. The van der Waals surface area contributed by atoms with Gasteiger partial charge in [0.1, 0.15) is 0 Å². The van der Waals surface area contributed by atoms with E-state index in [1.54, 1.807) is 18.3 Å². The Labute approximate surface area is 207 Å². The molecule has 4 heterocycles. The highest BCUT2D eigenvalue weighted by atomic mass is 32.2. The number of hydrogen-bond donors (Lipinski definition) is 2. The monoisotopic (exact) mass is 486 g/mol. The van der Waals surface area contributed by atoms with Gasteiger partial charge in [-0.25, -0.2) is 9.97 Å². The summed E-state index contributed by atoms with van der Waals surface area (Å²) >= 11 is 0.903. The van der Waals surface area contributed by atoms with Gasteiger partial charge in [-0.05, 0) is 73.2 Å². The molecule has 2 amide bonds. The summed E-state index contributed by atoms with van der Waals surface area (Å²) < 4.78 is 0. The molecule has 1 unspecified atom stereocenters. The van der Waals surface area contributed by atoms with E-state index in [0.29, 0.717) is 34.3 Å². The van der Waals surface area contributed by atoms with Crippen LogP contribution in [0.2, 0.25) is 0 Å². The number of pyridine rings is 1. The second-order valence-corrected chi connectivity index (χ2v) is 10.4. The summed E-state index contributed by atoms with van der Waals surface area (Å²) in [6.07, 6.45) is 5.83. The van der Waals surface area contributed by atoms with Crippen LogP contribution in [0.5, 0.6) is 0 Å². The number of imide groups is 1. The van der Waals surface area contributed by atoms with Crippen LogP contribution in [0.3, 0.4) is 0 Å². The molecule has 8 nitrogen and oxygen atoms in total. The van der Waals surface area contributed by atoms with Gasteiger partial charge in [-0.3, -0.25) is 19.9 Å². The van der Waals surface area contributed by atoms with Gasteiger partial charge in [0.15, 0.2) is 0 Å². The van der Waals surface area contributed by atoms with Crippen LogP contribution in [0.1, 0.15) is 24.2 Å². The zero-order valence-electron chi connectivity index (χ0n) is 19.2. The number of anilines is 1. The summed E-state index contributed by atoms with van der Waals surface area (Å²) in [7, 11) is 0. The number of benzene rings is 1. The third-order valence-corrected chi connectivity index (χ3v) is 8.05. The maximum atomic E-state index is 11.9. The Morgan fingerprint density at radius 1 is 1.06 bits per heavy atom. The molecular weight excluding hydrogens is 460 g/mol. The smallest absolute Gasteiger partial charge is 0.290 e. The number of carbonyl (C=O) groups is 2. The van der Waals surface area contributed by atoms with Crippen molar-refractivity contribution in [1.82, 2.24) is 25.6 Å². The van der Waals surface area contributed by atoms with Crippen LogP contribution in [0.15, 0.2) is 53.6 Å². The first-order valence-corrected chi connectivity index (χ1v) is 12.8. The van der Waals surface area contributed by atoms with Crippen molar-refractivity contribution in [2.24, 2.45) is 17.8 Å². The van der Waals surface area contributed by atoms with E-state index in [0.717, 1.165) is 49.2 Å². The summed E-state index contributed by atoms with van der Waals surface area (Å²) in [6.45, 7) is 3.64. The molecule has 3 atom stereocenters. The third-order valence-electron chi connectivity index (χ3n) is 7.24. The largest absolute Gasteiger partial charge is 0.340 e. The molecule has 1 aliphatic carbocycles. The van der Waals surface area contributed by atoms with Crippen molar-refractivity contribution in [1.29, 1.82) is 0 Å². The SMILES string of the molecule is O=C1NC(=O)/C(=C\c2ccnc(N3C[C@H]4CC[C@@H](C3)C4CNCc3ccc4ccccc4n3)n2)S1. The molecule has 35 heavy (non-hydrogen) atoms. The highest BCUT2D eigenvalue weighted by Crippen LogP contribution is 2.42. The van der Waals surface area contributed by atoms with E-state index in [1.165, 1.54) is 18.2 Å². The lowest BCUT2D eigenvalue weighted by molar-refractivity contribution is -0.115. The molecule has 2 aromatic heterocycles. The lowest BCUT2D eigenvalue weighted by atomic mass is 9.85. The summed E-state index contributed by atoms with van der Waals surface area (Å²) in [5.74, 6) is 2.17. The molecule has 0 radical (unpaired) electrons. The number of para-hydroxylation sites is 1. The number of piperidine rings is 1. The number of nitrogens with zero attached hydrogens (tertiary/aromatic N) is 4. The van der Waals surface area contributed by atoms with Crippen molar-refractivity contribution in [2.45, 2.75) is 19.4 Å². The first-order chi connectivity index (χ1) is 17.1. The maximum absolute atomic E-state index is 11.9. The molecule has 3 aliphatic rings. The number of rotatable bonds is 6. The number of amides is 2. The van der Waals surface area contributed by atoms with E-state index in [4.69, 9.17) is 4.98 Å². The molecule has 6 rings (SSSR count). The summed E-state index contributed by atoms with van der Waals surface area (Å²) in [6, 6.07) is 14.2. The van der Waals surface area contributed by atoms with Gasteiger partial charge in [0.25, 0.3) is 11.1 Å². The molecular formula is C26H26N6O2S. The van der Waals surface area contributed by atoms with Crippen LogP contribution in [0, 0.1) is 17.8 Å². The van der Waals surface area contributed by atoms with Crippen LogP contribution >= 0.6 is 11.8 Å². The van der Waals surface area contributed by atoms with Crippen molar-refractivity contribution in [3.8, 4) is 0 Å². The Bertz CT molecular complexity index is 1310. The molecule has 0 spiro atoms. The topological polar surface area (TPSA) is 100 Å². The lowest BCUT2D eigenvalue weighted by Gasteiger charge is -2.38. The minimum absolute atomic E-state index is 0.348. The highest BCUT2D eigenvalue weighted by molar-refractivity contribution is 8.18. The highest BCUT2D eigenvalue weighted by Gasteiger charge is 2.42. The van der Waals surface area contributed by atoms with Gasteiger partial charge >= 0.3 is 0 Å². The van der Waals surface area contributed by atoms with Gasteiger partial charge in [0.2, 0.25) is 5.95 Å². The molecule has 3 aromatic rings. The molecule has 2 bridgehead atoms. The summed E-state index contributed by atoms with van der Waals surface area (Å²) in [4.78, 5) is 39.9. The van der Waals surface area contributed by atoms with Crippen LogP contribution < -0.4 is 15.5 Å². The number of nitrogens with one attached hydrogen (secondary N) is 2. The Morgan fingerprint density at radius 3 is 2.69 bits per heavy atom. The standard InChI is InChI=1S/C26H26N6O2S/c33-24-23(35-26(34)31-24)11-19-9-10-28-25(30-19)32-14-17-5-6-18(15-32)21(17)13-27-12-20-8-7-16-3-1-2-4-22(16)29-20/h1-4,7-11,17-18,21,27H,5-6,12-15H2,(H,31,33,34)/b23-11+/t17-,18+,21?. The Hall–Kier alpha value is -3.30. The Kier molecular flexibility index (Phi) is 5.95. The summed E-state index contributed by atoms with van der Waals surface area (Å²) in [5.41, 5.74) is 2.75. The fraction of sp³-hybridized carbons (Fsp3) is 0.346. The third kappa shape index (κ3) is 4.66. The second-order valence-electron chi connectivity index (χ2n) is 9.43. The van der Waals surface area contributed by atoms with E-state index in [1.807, 2.05) is 12.1 Å². The maximum Gasteiger partial charge on any atom is 0.290 e. The molecule has 2 saturated heterocycles. The van der Waals surface area contributed by atoms with E-state index < -0.39 is 0 Å². The van der Waals surface area contributed by atoms with Crippen LogP contribution in [-0.2, 0) is 11.3 Å². The zero-order chi connectivity index (χ0) is 23.8. The minimum Gasteiger partial charge on any atom is -0.340 e. The van der Waals surface area contributed by atoms with Crippen molar-refractivity contribution >= 4 is 45.8 Å². The van der Waals surface area contributed by atoms with Crippen LogP contribution in [0.4, 0.5) is 10.7 Å². The normalized spacial score (nSPS) is 25.0. The molecule has 178 valence electrons. The van der Waals surface area contributed by atoms with Gasteiger partial charge < -0.3 is 10.2 Å². The van der Waals surface area contributed by atoms with Crippen LogP contribution in [0.25, 0.3) is 17.0 Å². The average molecular weight is 487 g/mol. The van der Waals surface area contributed by atoms with Gasteiger partial charge in [-0.2, -0.15) is 0 Å². The predicted molar refractivity (Wildman–Crippen MR) is 137 cm³/mol. The first-order valence-electron chi connectivity index (χ1n) is 12.0. The Morgan fingerprint density at radius 2 is 1.89 bits per heavy atom. The van der Waals surface area contributed by atoms with Crippen molar-refractivity contribution < 1.29 is 9.59 Å². The molecule has 1 aromatic carbocycles. The van der Waals surface area contributed by atoms with E-state index in [9.17, 15) is 9.59 Å². The van der Waals surface area contributed by atoms with E-state index in [-0.39, 0.29) is 11.1 Å². The van der Waals surface area contributed by atoms with Crippen molar-refractivity contribution in [3.05, 3.63) is 65.0 Å². The van der Waals surface area contributed by atoms with Gasteiger partial charge in [-0.15, -0.1) is 0 Å². The number of fused-ring (bicyclic) bond motifs is 3. The van der Waals surface area contributed by atoms with Crippen molar-refractivity contribution in [3.63, 3.8) is 0 Å². The molecule has 9 heteroatoms. The fourth-order valence-electron chi connectivity index (χ4n) is 5.56. The predicted octanol–water partition coefficient (Wildman–Crippen LogP) is 3.60. The van der Waals surface area contributed by atoms with Gasteiger partial charge in [0, 0.05) is 31.2 Å². The van der Waals surface area contributed by atoms with Crippen LogP contribution in [-0.4, -0.2) is 45.7 Å². The fourth-order valence-corrected chi connectivity index (χ4v) is 6.22. The molecule has 2 N–H and O–H groups in total. The quantitative estimate of drug-likeness (QED) is 0.510. The molecule has 1 saturated carbocycles. The first kappa shape index (κ1) is 22.2. The average Bonchev–Trinajstić information content (AvgIpc) is 3.30. The van der Waals surface area contributed by atoms with Crippen molar-refractivity contribution in [2.75, 3.05) is 24.5 Å². The van der Waals surface area contributed by atoms with Gasteiger partial charge in [0.05, 0.1) is 21.8 Å². The minimum atomic E-state index is -0.370. The molecule has 3 fully saturated rings. The zero-order valence-corrected chi connectivity index (χ0v) is 20.0. The Balaban J connectivity index is 1.08. The number of carbonyl (C=O) groups excluding carboxylic acids is 2. The second kappa shape index (κ2) is 9.39. The van der Waals surface area contributed by atoms with E-state index in [2.05, 4.69) is 49.8 Å². The number of aromatic nitrogens is 3. The lowest BCUT2D eigenvalue weighted by Crippen LogP contribution is -2.45. The molecule has 2 aliphatic heterocycles. The van der Waals surface area contributed by atoms with Gasteiger partial charge in [-0.1, -0.05) is 24.3 Å².